The van der Waals surface area contributed by atoms with E-state index >= 15 is 0 Å². The van der Waals surface area contributed by atoms with Gasteiger partial charge in [0.1, 0.15) is 11.6 Å². The van der Waals surface area contributed by atoms with Gasteiger partial charge in [-0.2, -0.15) is 0 Å². The van der Waals surface area contributed by atoms with Gasteiger partial charge in [-0.05, 0) is 54.0 Å². The third-order valence-corrected chi connectivity index (χ3v) is 4.09. The average Bonchev–Trinajstić information content (AvgIpc) is 3.00. The summed E-state index contributed by atoms with van der Waals surface area (Å²) in [7, 11) is 0. The maximum absolute atomic E-state index is 13.6. The molecule has 1 aliphatic heterocycles. The van der Waals surface area contributed by atoms with Gasteiger partial charge >= 0.3 is 0 Å². The number of fused-ring (bicyclic) bond motifs is 2. The summed E-state index contributed by atoms with van der Waals surface area (Å²) in [4.78, 5) is 12.2. The topological polar surface area (TPSA) is 44.8 Å². The van der Waals surface area contributed by atoms with Gasteiger partial charge in [0.05, 0.1) is 6.61 Å². The molecule has 0 saturated heterocycles. The van der Waals surface area contributed by atoms with E-state index in [1.54, 1.807) is 12.1 Å². The molecule has 122 valence electrons. The lowest BCUT2D eigenvalue weighted by Crippen LogP contribution is -2.11. The number of allylic oxidation sites excluding steroid dienone is 1. The van der Waals surface area contributed by atoms with Crippen LogP contribution < -0.4 is 14.2 Å². The molecule has 0 radical (unpaired) electrons. The summed E-state index contributed by atoms with van der Waals surface area (Å²) in [5.74, 6) is 1.32. The lowest BCUT2D eigenvalue weighted by atomic mass is 9.85. The van der Waals surface area contributed by atoms with Gasteiger partial charge in [-0.15, -0.1) is 0 Å². The maximum atomic E-state index is 13.6. The molecular weight excluding hydrogens is 311 g/mol. The molecule has 0 atom stereocenters. The van der Waals surface area contributed by atoms with E-state index in [2.05, 4.69) is 0 Å². The van der Waals surface area contributed by atoms with Crippen LogP contribution in [-0.2, 0) is 11.2 Å². The number of carbonyl (C=O) groups is 1. The monoisotopic (exact) mass is 326 g/mol. The van der Waals surface area contributed by atoms with E-state index < -0.39 is 0 Å². The van der Waals surface area contributed by atoms with Crippen LogP contribution in [0.3, 0.4) is 0 Å². The summed E-state index contributed by atoms with van der Waals surface area (Å²) < 4.78 is 30.0. The summed E-state index contributed by atoms with van der Waals surface area (Å²) in [5, 5.41) is 0. The van der Waals surface area contributed by atoms with Crippen LogP contribution in [-0.4, -0.2) is 19.2 Å². The van der Waals surface area contributed by atoms with Crippen LogP contribution in [0.1, 0.15) is 23.6 Å². The molecule has 1 aliphatic carbocycles. The summed E-state index contributed by atoms with van der Waals surface area (Å²) in [6.07, 6.45) is 1.89. The normalized spacial score (nSPS) is 15.1. The highest BCUT2D eigenvalue weighted by molar-refractivity contribution is 6.06. The minimum absolute atomic E-state index is 0.0110. The Labute approximate surface area is 138 Å². The van der Waals surface area contributed by atoms with E-state index in [-0.39, 0.29) is 18.4 Å². The van der Waals surface area contributed by atoms with E-state index in [1.807, 2.05) is 19.1 Å². The zero-order valence-corrected chi connectivity index (χ0v) is 13.1. The van der Waals surface area contributed by atoms with E-state index in [4.69, 9.17) is 14.2 Å². The van der Waals surface area contributed by atoms with Crippen molar-refractivity contribution in [3.63, 3.8) is 0 Å². The second kappa shape index (κ2) is 5.67. The van der Waals surface area contributed by atoms with E-state index in [0.717, 1.165) is 11.1 Å². The fraction of sp³-hybridized carbons (Fsp3) is 0.211. The molecule has 0 unspecified atom stereocenters. The molecule has 2 aromatic rings. The lowest BCUT2D eigenvalue weighted by molar-refractivity contribution is -0.114. The lowest BCUT2D eigenvalue weighted by Gasteiger charge is -2.20. The Morgan fingerprint density at radius 2 is 1.92 bits per heavy atom. The van der Waals surface area contributed by atoms with Crippen molar-refractivity contribution in [1.82, 2.24) is 0 Å². The van der Waals surface area contributed by atoms with Crippen LogP contribution in [0.2, 0.25) is 0 Å². The standard InChI is InChI=1S/C19H15FO4/c1-2-22-17-7-12(20)3-4-14(17)16-8-13(21)5-11-6-18-19(9-15(11)16)24-10-23-18/h3-4,6-9H,2,5,10H2,1H3. The Morgan fingerprint density at radius 1 is 1.12 bits per heavy atom. The average molecular weight is 326 g/mol. The van der Waals surface area contributed by atoms with E-state index in [0.29, 0.717) is 41.4 Å². The van der Waals surface area contributed by atoms with Crippen LogP contribution in [0.5, 0.6) is 17.2 Å². The van der Waals surface area contributed by atoms with Gasteiger partial charge in [-0.25, -0.2) is 4.39 Å². The van der Waals surface area contributed by atoms with Crippen LogP contribution in [0, 0.1) is 5.82 Å². The van der Waals surface area contributed by atoms with Crippen LogP contribution in [0.15, 0.2) is 36.4 Å². The molecular formula is C19H15FO4. The van der Waals surface area contributed by atoms with Gasteiger partial charge < -0.3 is 14.2 Å². The van der Waals surface area contributed by atoms with Crippen molar-refractivity contribution in [2.75, 3.05) is 13.4 Å². The number of rotatable bonds is 3. The van der Waals surface area contributed by atoms with Crippen molar-refractivity contribution >= 4 is 11.4 Å². The SMILES string of the molecule is CCOc1cc(F)ccc1C1=CC(=O)Cc2cc3c(cc21)OCO3. The van der Waals surface area contributed by atoms with Crippen LogP contribution >= 0.6 is 0 Å². The zero-order chi connectivity index (χ0) is 16.7. The van der Waals surface area contributed by atoms with Crippen LogP contribution in [0.25, 0.3) is 5.57 Å². The quantitative estimate of drug-likeness (QED) is 0.866. The number of ketones is 1. The first-order valence-electron chi connectivity index (χ1n) is 7.76. The predicted octanol–water partition coefficient (Wildman–Crippen LogP) is 3.51. The smallest absolute Gasteiger partial charge is 0.231 e. The minimum atomic E-state index is -0.379. The number of halogens is 1. The Kier molecular flexibility index (Phi) is 3.49. The maximum Gasteiger partial charge on any atom is 0.231 e. The van der Waals surface area contributed by atoms with Gasteiger partial charge in [-0.1, -0.05) is 0 Å². The number of carbonyl (C=O) groups excluding carboxylic acids is 1. The molecule has 0 amide bonds. The van der Waals surface area contributed by atoms with Gasteiger partial charge in [0.2, 0.25) is 6.79 Å². The number of hydrogen-bond acceptors (Lipinski definition) is 4. The molecule has 24 heavy (non-hydrogen) atoms. The molecule has 0 saturated carbocycles. The van der Waals surface area contributed by atoms with Gasteiger partial charge in [-0.3, -0.25) is 4.79 Å². The Hall–Kier alpha value is -2.82. The molecule has 1 heterocycles. The molecule has 4 nitrogen and oxygen atoms in total. The fourth-order valence-corrected chi connectivity index (χ4v) is 3.07. The highest BCUT2D eigenvalue weighted by Crippen LogP contribution is 2.42. The Balaban J connectivity index is 1.89. The van der Waals surface area contributed by atoms with Crippen molar-refractivity contribution in [3.05, 3.63) is 58.9 Å². The molecule has 4 rings (SSSR count). The Bertz CT molecular complexity index is 870. The summed E-state index contributed by atoms with van der Waals surface area (Å²) in [6, 6.07) is 8.05. The van der Waals surface area contributed by atoms with Crippen LogP contribution in [0.4, 0.5) is 4.39 Å². The minimum Gasteiger partial charge on any atom is -0.493 e. The summed E-state index contributed by atoms with van der Waals surface area (Å²) in [6.45, 7) is 2.42. The highest BCUT2D eigenvalue weighted by Gasteiger charge is 2.25. The second-order valence-electron chi connectivity index (χ2n) is 5.64. The fourth-order valence-electron chi connectivity index (χ4n) is 3.07. The molecule has 0 aromatic heterocycles. The molecule has 2 aromatic carbocycles. The molecule has 0 spiro atoms. The molecule has 2 aliphatic rings. The number of benzene rings is 2. The third kappa shape index (κ3) is 2.42. The van der Waals surface area contributed by atoms with Gasteiger partial charge in [0.15, 0.2) is 17.3 Å². The molecule has 5 heteroatoms. The largest absolute Gasteiger partial charge is 0.493 e. The Morgan fingerprint density at radius 3 is 2.71 bits per heavy atom. The van der Waals surface area contributed by atoms with Crippen molar-refractivity contribution in [3.8, 4) is 17.2 Å². The number of hydrogen-bond donors (Lipinski definition) is 0. The first kappa shape index (κ1) is 14.8. The van der Waals surface area contributed by atoms with Crippen molar-refractivity contribution in [2.24, 2.45) is 0 Å². The van der Waals surface area contributed by atoms with Gasteiger partial charge in [0, 0.05) is 18.1 Å². The van der Waals surface area contributed by atoms with Crippen molar-refractivity contribution < 1.29 is 23.4 Å². The number of ether oxygens (including phenoxy) is 3. The van der Waals surface area contributed by atoms with Gasteiger partial charge in [0.25, 0.3) is 0 Å². The first-order valence-corrected chi connectivity index (χ1v) is 7.76. The van der Waals surface area contributed by atoms with Crippen molar-refractivity contribution in [1.29, 1.82) is 0 Å². The van der Waals surface area contributed by atoms with Crippen molar-refractivity contribution in [2.45, 2.75) is 13.3 Å². The molecule has 0 bridgehead atoms. The molecule has 0 fully saturated rings. The first-order chi connectivity index (χ1) is 11.7. The zero-order valence-electron chi connectivity index (χ0n) is 13.1. The summed E-state index contributed by atoms with van der Waals surface area (Å²) in [5.41, 5.74) is 3.15. The van der Waals surface area contributed by atoms with E-state index in [9.17, 15) is 9.18 Å². The molecule has 0 N–H and O–H groups in total. The second-order valence-corrected chi connectivity index (χ2v) is 5.64. The third-order valence-electron chi connectivity index (χ3n) is 4.09. The van der Waals surface area contributed by atoms with E-state index in [1.165, 1.54) is 12.1 Å². The predicted molar refractivity (Wildman–Crippen MR) is 85.9 cm³/mol. The summed E-state index contributed by atoms with van der Waals surface area (Å²) >= 11 is 0. The highest BCUT2D eigenvalue weighted by atomic mass is 19.1.